The predicted molar refractivity (Wildman–Crippen MR) is 102 cm³/mol. The van der Waals surface area contributed by atoms with Crippen molar-refractivity contribution < 1.29 is 19.1 Å². The van der Waals surface area contributed by atoms with Gasteiger partial charge in [-0.1, -0.05) is 25.1 Å². The number of hydrogen-bond acceptors (Lipinski definition) is 4. The van der Waals surface area contributed by atoms with Crippen molar-refractivity contribution in [2.24, 2.45) is 0 Å². The number of benzene rings is 2. The Morgan fingerprint density at radius 2 is 1.62 bits per heavy atom. The molecule has 2 amide bonds. The van der Waals surface area contributed by atoms with Crippen LogP contribution in [0.2, 0.25) is 0 Å². The Bertz CT molecular complexity index is 789. The Labute approximate surface area is 153 Å². The van der Waals surface area contributed by atoms with Crippen LogP contribution in [0.3, 0.4) is 0 Å². The van der Waals surface area contributed by atoms with Gasteiger partial charge in [-0.3, -0.25) is 9.59 Å². The molecule has 0 radical (unpaired) electrons. The summed E-state index contributed by atoms with van der Waals surface area (Å²) in [6.45, 7) is 5.29. The highest BCUT2D eigenvalue weighted by Gasteiger charge is 2.18. The topological polar surface area (TPSA) is 76.7 Å². The van der Waals surface area contributed by atoms with Gasteiger partial charge in [-0.15, -0.1) is 0 Å². The fourth-order valence-electron chi connectivity index (χ4n) is 2.34. The average molecular weight is 356 g/mol. The molecule has 0 bridgehead atoms. The number of nitrogens with one attached hydrogen (secondary N) is 2. The Balaban J connectivity index is 2.09. The molecule has 0 aliphatic heterocycles. The molecule has 0 spiro atoms. The van der Waals surface area contributed by atoms with Crippen molar-refractivity contribution in [3.63, 3.8) is 0 Å². The molecule has 6 nitrogen and oxygen atoms in total. The molecule has 0 aromatic heterocycles. The van der Waals surface area contributed by atoms with E-state index in [-0.39, 0.29) is 11.8 Å². The van der Waals surface area contributed by atoms with Crippen molar-refractivity contribution in [2.45, 2.75) is 33.3 Å². The third-order valence-electron chi connectivity index (χ3n) is 3.93. The van der Waals surface area contributed by atoms with E-state index in [2.05, 4.69) is 10.6 Å². The molecule has 2 aromatic rings. The molecule has 0 aliphatic carbocycles. The van der Waals surface area contributed by atoms with Gasteiger partial charge in [0.2, 0.25) is 5.91 Å². The lowest BCUT2D eigenvalue weighted by Crippen LogP contribution is -2.30. The number of methoxy groups -OCH3 is 1. The fraction of sp³-hybridized carbons (Fsp3) is 0.300. The molecule has 2 rings (SSSR count). The van der Waals surface area contributed by atoms with Crippen LogP contribution >= 0.6 is 0 Å². The van der Waals surface area contributed by atoms with Gasteiger partial charge in [0.1, 0.15) is 0 Å². The molecule has 1 unspecified atom stereocenters. The summed E-state index contributed by atoms with van der Waals surface area (Å²) >= 11 is 0. The number of anilines is 2. The molecule has 0 saturated carbocycles. The van der Waals surface area contributed by atoms with E-state index in [4.69, 9.17) is 9.47 Å². The monoisotopic (exact) mass is 356 g/mol. The second-order valence-corrected chi connectivity index (χ2v) is 5.78. The second-order valence-electron chi connectivity index (χ2n) is 5.78. The van der Waals surface area contributed by atoms with Crippen molar-refractivity contribution in [1.29, 1.82) is 0 Å². The molecule has 1 atom stereocenters. The summed E-state index contributed by atoms with van der Waals surface area (Å²) in [6, 6.07) is 12.5. The zero-order chi connectivity index (χ0) is 19.1. The normalized spacial score (nSPS) is 11.4. The lowest BCUT2D eigenvalue weighted by atomic mass is 10.1. The van der Waals surface area contributed by atoms with Crippen LogP contribution in [0.4, 0.5) is 11.4 Å². The molecule has 0 aliphatic rings. The van der Waals surface area contributed by atoms with Gasteiger partial charge in [0.15, 0.2) is 17.6 Å². The molecule has 0 saturated heterocycles. The first kappa shape index (κ1) is 19.3. The van der Waals surface area contributed by atoms with Crippen LogP contribution in [0, 0.1) is 6.92 Å². The summed E-state index contributed by atoms with van der Waals surface area (Å²) in [5, 5.41) is 5.66. The minimum atomic E-state index is -0.723. The van der Waals surface area contributed by atoms with Gasteiger partial charge in [0, 0.05) is 17.8 Å². The van der Waals surface area contributed by atoms with E-state index < -0.39 is 6.10 Å². The summed E-state index contributed by atoms with van der Waals surface area (Å²) in [5.74, 6) is 0.688. The average Bonchev–Trinajstić information content (AvgIpc) is 2.65. The van der Waals surface area contributed by atoms with Gasteiger partial charge in [0.05, 0.1) is 7.11 Å². The first-order chi connectivity index (χ1) is 12.5. The summed E-state index contributed by atoms with van der Waals surface area (Å²) in [6.07, 6.45) is -0.334. The summed E-state index contributed by atoms with van der Waals surface area (Å²) in [4.78, 5) is 24.1. The highest BCUT2D eigenvalue weighted by molar-refractivity contribution is 5.97. The minimum Gasteiger partial charge on any atom is -0.493 e. The van der Waals surface area contributed by atoms with Crippen LogP contribution in [-0.2, 0) is 9.59 Å². The highest BCUT2D eigenvalue weighted by atomic mass is 16.5. The standard InChI is InChI=1S/C20H24N2O4/c1-5-19(23)21-15-9-8-10-16(13(15)2)22-20(24)14(3)26-18-12-7-6-11-17(18)25-4/h6-12,14H,5H2,1-4H3,(H,21,23)(H,22,24). The van der Waals surface area contributed by atoms with Crippen LogP contribution in [0.25, 0.3) is 0 Å². The van der Waals surface area contributed by atoms with Gasteiger partial charge < -0.3 is 20.1 Å². The smallest absolute Gasteiger partial charge is 0.265 e. The van der Waals surface area contributed by atoms with E-state index in [1.165, 1.54) is 0 Å². The van der Waals surface area contributed by atoms with E-state index in [9.17, 15) is 9.59 Å². The van der Waals surface area contributed by atoms with Gasteiger partial charge in [0.25, 0.3) is 5.91 Å². The van der Waals surface area contributed by atoms with E-state index in [1.54, 1.807) is 51.3 Å². The van der Waals surface area contributed by atoms with Crippen LogP contribution in [0.1, 0.15) is 25.8 Å². The molecule has 2 N–H and O–H groups in total. The van der Waals surface area contributed by atoms with Gasteiger partial charge in [-0.2, -0.15) is 0 Å². The summed E-state index contributed by atoms with van der Waals surface area (Å²) in [7, 11) is 1.55. The number of carbonyl (C=O) groups is 2. The van der Waals surface area contributed by atoms with Crippen molar-refractivity contribution in [1.82, 2.24) is 0 Å². The van der Waals surface area contributed by atoms with E-state index in [0.29, 0.717) is 29.3 Å². The molecule has 2 aromatic carbocycles. The largest absolute Gasteiger partial charge is 0.493 e. The second kappa shape index (κ2) is 8.89. The SMILES string of the molecule is CCC(=O)Nc1cccc(NC(=O)C(C)Oc2ccccc2OC)c1C. The van der Waals surface area contributed by atoms with Crippen LogP contribution < -0.4 is 20.1 Å². The van der Waals surface area contributed by atoms with Crippen molar-refractivity contribution >= 4 is 23.2 Å². The van der Waals surface area contributed by atoms with Crippen LogP contribution in [0.15, 0.2) is 42.5 Å². The lowest BCUT2D eigenvalue weighted by molar-refractivity contribution is -0.122. The summed E-state index contributed by atoms with van der Waals surface area (Å²) in [5.41, 5.74) is 2.08. The Morgan fingerprint density at radius 3 is 2.23 bits per heavy atom. The van der Waals surface area contributed by atoms with Crippen molar-refractivity contribution in [3.8, 4) is 11.5 Å². The molecule has 0 heterocycles. The van der Waals surface area contributed by atoms with E-state index in [0.717, 1.165) is 5.56 Å². The fourth-order valence-corrected chi connectivity index (χ4v) is 2.34. The first-order valence-electron chi connectivity index (χ1n) is 8.46. The maximum Gasteiger partial charge on any atom is 0.265 e. The summed E-state index contributed by atoms with van der Waals surface area (Å²) < 4.78 is 10.9. The zero-order valence-electron chi connectivity index (χ0n) is 15.5. The Morgan fingerprint density at radius 1 is 1.00 bits per heavy atom. The molecule has 138 valence electrons. The van der Waals surface area contributed by atoms with Crippen LogP contribution in [0.5, 0.6) is 11.5 Å². The number of carbonyl (C=O) groups excluding carboxylic acids is 2. The quantitative estimate of drug-likeness (QED) is 0.792. The minimum absolute atomic E-state index is 0.0792. The maximum atomic E-state index is 12.5. The van der Waals surface area contributed by atoms with E-state index >= 15 is 0 Å². The van der Waals surface area contributed by atoms with E-state index in [1.807, 2.05) is 19.1 Å². The van der Waals surface area contributed by atoms with Crippen molar-refractivity contribution in [3.05, 3.63) is 48.0 Å². The number of hydrogen-bond donors (Lipinski definition) is 2. The third-order valence-corrected chi connectivity index (χ3v) is 3.93. The number of para-hydroxylation sites is 2. The molecule has 0 fully saturated rings. The number of amides is 2. The Kier molecular flexibility index (Phi) is 6.60. The molecular formula is C20H24N2O4. The van der Waals surface area contributed by atoms with Gasteiger partial charge >= 0.3 is 0 Å². The molecule has 6 heteroatoms. The molecule has 26 heavy (non-hydrogen) atoms. The maximum absolute atomic E-state index is 12.5. The zero-order valence-corrected chi connectivity index (χ0v) is 15.5. The number of ether oxygens (including phenoxy) is 2. The lowest BCUT2D eigenvalue weighted by Gasteiger charge is -2.18. The van der Waals surface area contributed by atoms with Crippen molar-refractivity contribution in [2.75, 3.05) is 17.7 Å². The molecular weight excluding hydrogens is 332 g/mol. The highest BCUT2D eigenvalue weighted by Crippen LogP contribution is 2.28. The first-order valence-corrected chi connectivity index (χ1v) is 8.46. The number of rotatable bonds is 7. The Hall–Kier alpha value is -3.02. The van der Waals surface area contributed by atoms with Crippen LogP contribution in [-0.4, -0.2) is 25.0 Å². The van der Waals surface area contributed by atoms with Gasteiger partial charge in [-0.25, -0.2) is 0 Å². The third kappa shape index (κ3) is 4.75. The van der Waals surface area contributed by atoms with Gasteiger partial charge in [-0.05, 0) is 43.7 Å². The predicted octanol–water partition coefficient (Wildman–Crippen LogP) is 3.76.